The molecule has 0 heterocycles. The van der Waals surface area contributed by atoms with Crippen molar-refractivity contribution in [3.05, 3.63) is 35.4 Å². The zero-order valence-corrected chi connectivity index (χ0v) is 10.0. The minimum atomic E-state index is -5.12. The lowest BCUT2D eigenvalue weighted by atomic mass is 10.1. The van der Waals surface area contributed by atoms with Gasteiger partial charge in [0.1, 0.15) is 0 Å². The Labute approximate surface area is 104 Å². The fourth-order valence-electron chi connectivity index (χ4n) is 1.33. The average molecular weight is 309 g/mol. The lowest BCUT2D eigenvalue weighted by molar-refractivity contribution is -0.131. The average Bonchev–Trinajstić information content (AvgIpc) is 2.13. The third-order valence-electron chi connectivity index (χ3n) is 2.07. The highest BCUT2D eigenvalue weighted by atomic mass is 35.7. The largest absolute Gasteiger partial charge is 0.410 e. The molecule has 9 heteroatoms. The normalized spacial score (nSPS) is 14.8. The van der Waals surface area contributed by atoms with Crippen LogP contribution in [0.1, 0.15) is 22.8 Å². The molecule has 0 aromatic heterocycles. The van der Waals surface area contributed by atoms with Gasteiger partial charge in [0, 0.05) is 16.2 Å². The van der Waals surface area contributed by atoms with Crippen LogP contribution in [0.3, 0.4) is 0 Å². The summed E-state index contributed by atoms with van der Waals surface area (Å²) in [5.74, 6) is 0. The van der Waals surface area contributed by atoms with Gasteiger partial charge in [0.2, 0.25) is 9.05 Å². The second kappa shape index (κ2) is 5.00. The molecule has 1 aromatic carbocycles. The Morgan fingerprint density at radius 1 is 1.00 bits per heavy atom. The van der Waals surface area contributed by atoms with Gasteiger partial charge in [-0.25, -0.2) is 17.2 Å². The molecule has 0 aliphatic carbocycles. The molecule has 0 amide bonds. The number of hydrogen-bond acceptors (Lipinski definition) is 2. The summed E-state index contributed by atoms with van der Waals surface area (Å²) in [5, 5.41) is -2.93. The minimum absolute atomic E-state index is 0.508. The summed E-state index contributed by atoms with van der Waals surface area (Å²) in [6.07, 6.45) is -7.97. The lowest BCUT2D eigenvalue weighted by Gasteiger charge is -2.17. The summed E-state index contributed by atoms with van der Waals surface area (Å²) >= 11 is 0. The van der Waals surface area contributed by atoms with E-state index in [0.29, 0.717) is 12.1 Å². The Balaban J connectivity index is 3.24. The van der Waals surface area contributed by atoms with Crippen LogP contribution >= 0.6 is 10.7 Å². The van der Waals surface area contributed by atoms with E-state index < -0.39 is 38.0 Å². The zero-order valence-electron chi connectivity index (χ0n) is 8.46. The first-order chi connectivity index (χ1) is 8.03. The predicted octanol–water partition coefficient (Wildman–Crippen LogP) is 3.80. The van der Waals surface area contributed by atoms with E-state index in [9.17, 15) is 30.4 Å². The monoisotopic (exact) mass is 308 g/mol. The molecular formula is C9H6ClF5O2S. The van der Waals surface area contributed by atoms with Gasteiger partial charge in [-0.15, -0.1) is 0 Å². The quantitative estimate of drug-likeness (QED) is 0.629. The molecule has 0 saturated heterocycles. The molecular weight excluding hydrogens is 303 g/mol. The second-order valence-electron chi connectivity index (χ2n) is 3.36. The molecule has 102 valence electrons. The van der Waals surface area contributed by atoms with Crippen molar-refractivity contribution >= 4 is 19.7 Å². The van der Waals surface area contributed by atoms with Gasteiger partial charge >= 0.3 is 6.18 Å². The van der Waals surface area contributed by atoms with Gasteiger partial charge in [-0.3, -0.25) is 0 Å². The first-order valence-electron chi connectivity index (χ1n) is 4.41. The van der Waals surface area contributed by atoms with Crippen molar-refractivity contribution in [2.45, 2.75) is 17.9 Å². The predicted molar refractivity (Wildman–Crippen MR) is 55.0 cm³/mol. The molecule has 0 bridgehead atoms. The maximum Gasteiger partial charge on any atom is 0.410 e. The van der Waals surface area contributed by atoms with Gasteiger partial charge < -0.3 is 0 Å². The molecule has 1 atom stereocenters. The van der Waals surface area contributed by atoms with Gasteiger partial charge in [-0.1, -0.05) is 24.3 Å². The first-order valence-corrected chi connectivity index (χ1v) is 6.79. The van der Waals surface area contributed by atoms with E-state index in [1.165, 1.54) is 0 Å². The molecule has 18 heavy (non-hydrogen) atoms. The van der Waals surface area contributed by atoms with E-state index in [-0.39, 0.29) is 0 Å². The van der Waals surface area contributed by atoms with Crippen LogP contribution < -0.4 is 0 Å². The maximum absolute atomic E-state index is 12.5. The van der Waals surface area contributed by atoms with Crippen molar-refractivity contribution < 1.29 is 30.4 Å². The number of alkyl halides is 5. The summed E-state index contributed by atoms with van der Waals surface area (Å²) in [5.41, 5.74) is -1.21. The number of benzene rings is 1. The van der Waals surface area contributed by atoms with Crippen LogP contribution in [0.5, 0.6) is 0 Å². The third kappa shape index (κ3) is 3.55. The molecule has 0 aliphatic rings. The van der Waals surface area contributed by atoms with Crippen molar-refractivity contribution in [2.75, 3.05) is 0 Å². The molecule has 0 radical (unpaired) electrons. The highest BCUT2D eigenvalue weighted by Crippen LogP contribution is 2.41. The van der Waals surface area contributed by atoms with Crippen molar-refractivity contribution in [1.82, 2.24) is 0 Å². The highest BCUT2D eigenvalue weighted by Gasteiger charge is 2.49. The summed E-state index contributed by atoms with van der Waals surface area (Å²) in [7, 11) is -0.224. The van der Waals surface area contributed by atoms with Gasteiger partial charge in [0.05, 0.1) is 0 Å². The van der Waals surface area contributed by atoms with Crippen LogP contribution in [0, 0.1) is 0 Å². The highest BCUT2D eigenvalue weighted by molar-refractivity contribution is 8.14. The Morgan fingerprint density at radius 3 is 1.67 bits per heavy atom. The van der Waals surface area contributed by atoms with E-state index in [2.05, 4.69) is 0 Å². The Kier molecular flexibility index (Phi) is 4.22. The van der Waals surface area contributed by atoms with Crippen LogP contribution in [0.2, 0.25) is 0 Å². The second-order valence-corrected chi connectivity index (χ2v) is 6.08. The fraction of sp³-hybridized carbons (Fsp3) is 0.333. The van der Waals surface area contributed by atoms with Crippen molar-refractivity contribution in [2.24, 2.45) is 0 Å². The van der Waals surface area contributed by atoms with Gasteiger partial charge in [-0.05, 0) is 5.56 Å². The molecule has 1 aromatic rings. The topological polar surface area (TPSA) is 34.1 Å². The zero-order chi connectivity index (χ0) is 14.1. The molecule has 1 unspecified atom stereocenters. The van der Waals surface area contributed by atoms with Crippen molar-refractivity contribution in [3.63, 3.8) is 0 Å². The standard InChI is InChI=1S/C9H6ClF5O2S/c10-18(16,17)7(9(13,14)15)5-1-3-6(4-2-5)8(11)12/h1-4,7-8H. The summed E-state index contributed by atoms with van der Waals surface area (Å²) in [6, 6.07) is 2.78. The maximum atomic E-state index is 12.5. The molecule has 1 rings (SSSR count). The first kappa shape index (κ1) is 15.2. The van der Waals surface area contributed by atoms with E-state index in [1.807, 2.05) is 0 Å². The van der Waals surface area contributed by atoms with E-state index in [1.54, 1.807) is 0 Å². The van der Waals surface area contributed by atoms with Crippen LogP contribution in [0.4, 0.5) is 22.0 Å². The molecule has 2 nitrogen and oxygen atoms in total. The third-order valence-corrected chi connectivity index (χ3v) is 3.71. The molecule has 0 saturated carbocycles. The molecule has 0 spiro atoms. The van der Waals surface area contributed by atoms with Gasteiger partial charge in [0.15, 0.2) is 5.25 Å². The van der Waals surface area contributed by atoms with E-state index in [0.717, 1.165) is 12.1 Å². The molecule has 0 fully saturated rings. The van der Waals surface area contributed by atoms with Crippen LogP contribution in [-0.4, -0.2) is 14.6 Å². The van der Waals surface area contributed by atoms with E-state index >= 15 is 0 Å². The summed E-state index contributed by atoms with van der Waals surface area (Å²) in [4.78, 5) is 0. The van der Waals surface area contributed by atoms with Crippen LogP contribution in [-0.2, 0) is 9.05 Å². The molecule has 0 aliphatic heterocycles. The number of hydrogen-bond donors (Lipinski definition) is 0. The SMILES string of the molecule is O=S(=O)(Cl)C(c1ccc(C(F)F)cc1)C(F)(F)F. The Hall–Kier alpha value is -0.890. The van der Waals surface area contributed by atoms with Gasteiger partial charge in [-0.2, -0.15) is 13.2 Å². The number of rotatable bonds is 3. The van der Waals surface area contributed by atoms with Crippen LogP contribution in [0.25, 0.3) is 0 Å². The molecule has 0 N–H and O–H groups in total. The summed E-state index contributed by atoms with van der Waals surface area (Å²) in [6.45, 7) is 0. The lowest BCUT2D eigenvalue weighted by Crippen LogP contribution is -2.25. The Bertz CT molecular complexity index is 509. The van der Waals surface area contributed by atoms with Crippen molar-refractivity contribution in [1.29, 1.82) is 0 Å². The Morgan fingerprint density at radius 2 is 1.39 bits per heavy atom. The van der Waals surface area contributed by atoms with Crippen LogP contribution in [0.15, 0.2) is 24.3 Å². The summed E-state index contributed by atoms with van der Waals surface area (Å²) < 4.78 is 83.8. The number of halogens is 6. The smallest absolute Gasteiger partial charge is 0.211 e. The van der Waals surface area contributed by atoms with Gasteiger partial charge in [0.25, 0.3) is 6.43 Å². The van der Waals surface area contributed by atoms with E-state index in [4.69, 9.17) is 10.7 Å². The fourth-order valence-corrected chi connectivity index (χ4v) is 2.74. The van der Waals surface area contributed by atoms with Crippen molar-refractivity contribution in [3.8, 4) is 0 Å². The minimum Gasteiger partial charge on any atom is -0.211 e.